The second-order valence-electron chi connectivity index (χ2n) is 5.38. The number of hydrogen-bond donors (Lipinski definition) is 1. The van der Waals surface area contributed by atoms with Crippen molar-refractivity contribution in [1.29, 1.82) is 0 Å². The van der Waals surface area contributed by atoms with Crippen LogP contribution in [0.25, 0.3) is 0 Å². The molecule has 1 unspecified atom stereocenters. The summed E-state index contributed by atoms with van der Waals surface area (Å²) in [6.07, 6.45) is 1.53. The van der Waals surface area contributed by atoms with Gasteiger partial charge in [0, 0.05) is 13.1 Å². The minimum Gasteiger partial charge on any atom is -0.484 e. The fraction of sp³-hybridized carbons (Fsp3) is 0.500. The Hall–Kier alpha value is -2.04. The van der Waals surface area contributed by atoms with Crippen LogP contribution in [-0.2, 0) is 9.59 Å². The van der Waals surface area contributed by atoms with E-state index >= 15 is 0 Å². The minimum atomic E-state index is -0.757. The number of carbonyl (C=O) groups excluding carboxylic acids is 2. The number of likely N-dealkylation sites (tertiary alicyclic amines) is 1. The molecule has 1 heterocycles. The molecular weight excluding hydrogens is 268 g/mol. The molecule has 2 amide bonds. The van der Waals surface area contributed by atoms with Crippen LogP contribution in [0.1, 0.15) is 26.7 Å². The maximum atomic E-state index is 12.4. The van der Waals surface area contributed by atoms with Gasteiger partial charge in [0.1, 0.15) is 11.3 Å². The first-order valence-corrected chi connectivity index (χ1v) is 7.34. The Labute approximate surface area is 125 Å². The van der Waals surface area contributed by atoms with Gasteiger partial charge in [-0.25, -0.2) is 0 Å². The molecule has 1 saturated heterocycles. The van der Waals surface area contributed by atoms with Gasteiger partial charge in [-0.05, 0) is 38.8 Å². The van der Waals surface area contributed by atoms with Crippen molar-refractivity contribution in [3.63, 3.8) is 0 Å². The highest BCUT2D eigenvalue weighted by molar-refractivity contribution is 5.92. The lowest BCUT2D eigenvalue weighted by molar-refractivity contribution is -0.145. The summed E-state index contributed by atoms with van der Waals surface area (Å²) in [5, 5.41) is 2.81. The molecule has 0 aromatic heterocycles. The number of para-hydroxylation sites is 1. The largest absolute Gasteiger partial charge is 0.484 e. The zero-order chi connectivity index (χ0) is 15.3. The highest BCUT2D eigenvalue weighted by Gasteiger charge is 2.45. The number of hydrogen-bond acceptors (Lipinski definition) is 3. The summed E-state index contributed by atoms with van der Waals surface area (Å²) in [6, 6.07) is 9.21. The van der Waals surface area contributed by atoms with E-state index in [1.165, 1.54) is 0 Å². The fourth-order valence-corrected chi connectivity index (χ4v) is 2.69. The van der Waals surface area contributed by atoms with Crippen LogP contribution in [0.2, 0.25) is 0 Å². The summed E-state index contributed by atoms with van der Waals surface area (Å²) in [7, 11) is 0. The van der Waals surface area contributed by atoms with E-state index in [0.29, 0.717) is 25.3 Å². The zero-order valence-electron chi connectivity index (χ0n) is 12.6. The molecule has 1 aliphatic heterocycles. The van der Waals surface area contributed by atoms with Gasteiger partial charge in [0.2, 0.25) is 5.91 Å². The summed E-state index contributed by atoms with van der Waals surface area (Å²) >= 11 is 0. The fourth-order valence-electron chi connectivity index (χ4n) is 2.69. The molecule has 0 saturated carbocycles. The van der Waals surface area contributed by atoms with Gasteiger partial charge in [-0.15, -0.1) is 0 Å². The van der Waals surface area contributed by atoms with E-state index in [4.69, 9.17) is 4.74 Å². The van der Waals surface area contributed by atoms with Gasteiger partial charge in [0.05, 0.1) is 0 Å². The Morgan fingerprint density at radius 1 is 1.33 bits per heavy atom. The van der Waals surface area contributed by atoms with E-state index in [1.807, 2.05) is 32.0 Å². The second-order valence-corrected chi connectivity index (χ2v) is 5.38. The number of likely N-dealkylation sites (N-methyl/N-ethyl adjacent to an activating group) is 1. The van der Waals surface area contributed by atoms with Crippen molar-refractivity contribution in [3.05, 3.63) is 30.3 Å². The van der Waals surface area contributed by atoms with E-state index in [9.17, 15) is 9.59 Å². The Morgan fingerprint density at radius 3 is 2.71 bits per heavy atom. The van der Waals surface area contributed by atoms with Crippen molar-refractivity contribution >= 4 is 11.8 Å². The zero-order valence-corrected chi connectivity index (χ0v) is 12.6. The van der Waals surface area contributed by atoms with Crippen molar-refractivity contribution in [2.45, 2.75) is 32.2 Å². The van der Waals surface area contributed by atoms with Crippen molar-refractivity contribution in [2.75, 3.05) is 19.7 Å². The second kappa shape index (κ2) is 6.61. The molecule has 5 nitrogen and oxygen atoms in total. The smallest absolute Gasteiger partial charge is 0.261 e. The van der Waals surface area contributed by atoms with Gasteiger partial charge in [0.15, 0.2) is 6.61 Å². The highest BCUT2D eigenvalue weighted by Crippen LogP contribution is 2.29. The van der Waals surface area contributed by atoms with Crippen molar-refractivity contribution in [1.82, 2.24) is 10.2 Å². The summed E-state index contributed by atoms with van der Waals surface area (Å²) < 4.78 is 5.49. The molecule has 1 aromatic carbocycles. The number of amides is 2. The van der Waals surface area contributed by atoms with Crippen LogP contribution in [0.3, 0.4) is 0 Å². The molecule has 114 valence electrons. The first-order valence-electron chi connectivity index (χ1n) is 7.34. The van der Waals surface area contributed by atoms with Gasteiger partial charge in [-0.2, -0.15) is 0 Å². The average Bonchev–Trinajstić information content (AvgIpc) is 2.89. The van der Waals surface area contributed by atoms with E-state index in [2.05, 4.69) is 5.32 Å². The molecular formula is C16H22N2O3. The molecule has 21 heavy (non-hydrogen) atoms. The minimum absolute atomic E-state index is 0.0427. The molecule has 0 spiro atoms. The molecule has 2 rings (SSSR count). The molecule has 1 N–H and O–H groups in total. The third kappa shape index (κ3) is 3.35. The van der Waals surface area contributed by atoms with E-state index in [-0.39, 0.29) is 18.4 Å². The van der Waals surface area contributed by atoms with Gasteiger partial charge >= 0.3 is 0 Å². The summed E-state index contributed by atoms with van der Waals surface area (Å²) in [6.45, 7) is 4.83. The Bertz CT molecular complexity index is 504. The molecule has 0 aliphatic carbocycles. The van der Waals surface area contributed by atoms with Crippen molar-refractivity contribution in [2.24, 2.45) is 0 Å². The molecule has 1 fully saturated rings. The standard InChI is InChI=1S/C16H22N2O3/c1-3-17-15(20)16(2)10-7-11-18(16)14(19)12-21-13-8-5-4-6-9-13/h4-6,8-9H,3,7,10-12H2,1-2H3,(H,17,20). The van der Waals surface area contributed by atoms with E-state index in [1.54, 1.807) is 17.0 Å². The Kier molecular flexibility index (Phi) is 4.83. The quantitative estimate of drug-likeness (QED) is 0.895. The molecule has 1 aromatic rings. The third-order valence-corrected chi connectivity index (χ3v) is 3.87. The number of benzene rings is 1. The van der Waals surface area contributed by atoms with Crippen LogP contribution >= 0.6 is 0 Å². The SMILES string of the molecule is CCNC(=O)C1(C)CCCN1C(=O)COc1ccccc1. The van der Waals surface area contributed by atoms with Crippen LogP contribution in [0, 0.1) is 0 Å². The Balaban J connectivity index is 1.99. The molecule has 0 radical (unpaired) electrons. The first-order chi connectivity index (χ1) is 10.1. The highest BCUT2D eigenvalue weighted by atomic mass is 16.5. The lowest BCUT2D eigenvalue weighted by atomic mass is 9.97. The summed E-state index contributed by atoms with van der Waals surface area (Å²) in [4.78, 5) is 26.2. The molecule has 0 bridgehead atoms. The number of ether oxygens (including phenoxy) is 1. The Morgan fingerprint density at radius 2 is 2.05 bits per heavy atom. The predicted molar refractivity (Wildman–Crippen MR) is 80.0 cm³/mol. The monoisotopic (exact) mass is 290 g/mol. The molecule has 1 aliphatic rings. The number of nitrogens with one attached hydrogen (secondary N) is 1. The van der Waals surface area contributed by atoms with Crippen molar-refractivity contribution < 1.29 is 14.3 Å². The summed E-state index contributed by atoms with van der Waals surface area (Å²) in [5.74, 6) is 0.422. The van der Waals surface area contributed by atoms with Crippen molar-refractivity contribution in [3.8, 4) is 5.75 Å². The first kappa shape index (κ1) is 15.4. The average molecular weight is 290 g/mol. The summed E-state index contributed by atoms with van der Waals surface area (Å²) in [5.41, 5.74) is -0.757. The normalized spacial score (nSPS) is 21.1. The van der Waals surface area contributed by atoms with Crippen LogP contribution in [0.4, 0.5) is 0 Å². The lowest BCUT2D eigenvalue weighted by Crippen LogP contribution is -2.56. The predicted octanol–water partition coefficient (Wildman–Crippen LogP) is 1.58. The third-order valence-electron chi connectivity index (χ3n) is 3.87. The topological polar surface area (TPSA) is 58.6 Å². The lowest BCUT2D eigenvalue weighted by Gasteiger charge is -2.33. The van der Waals surface area contributed by atoms with Crippen LogP contribution in [0.5, 0.6) is 5.75 Å². The maximum absolute atomic E-state index is 12.4. The number of carbonyl (C=O) groups is 2. The van der Waals surface area contributed by atoms with E-state index < -0.39 is 5.54 Å². The number of rotatable bonds is 5. The van der Waals surface area contributed by atoms with Gasteiger partial charge < -0.3 is 15.0 Å². The van der Waals surface area contributed by atoms with Gasteiger partial charge in [-0.1, -0.05) is 18.2 Å². The van der Waals surface area contributed by atoms with Crippen LogP contribution in [-0.4, -0.2) is 41.9 Å². The van der Waals surface area contributed by atoms with E-state index in [0.717, 1.165) is 6.42 Å². The molecule has 5 heteroatoms. The van der Waals surface area contributed by atoms with Gasteiger partial charge in [-0.3, -0.25) is 9.59 Å². The van der Waals surface area contributed by atoms with Gasteiger partial charge in [0.25, 0.3) is 5.91 Å². The maximum Gasteiger partial charge on any atom is 0.261 e. The molecule has 1 atom stereocenters. The van der Waals surface area contributed by atoms with Crippen LogP contribution < -0.4 is 10.1 Å². The van der Waals surface area contributed by atoms with Crippen LogP contribution in [0.15, 0.2) is 30.3 Å². The number of nitrogens with zero attached hydrogens (tertiary/aromatic N) is 1.